The van der Waals surface area contributed by atoms with E-state index in [0.717, 1.165) is 5.56 Å². The van der Waals surface area contributed by atoms with Gasteiger partial charge in [0.2, 0.25) is 10.0 Å². The zero-order valence-electron chi connectivity index (χ0n) is 11.5. The fraction of sp³-hybridized carbons (Fsp3) is 0.750. The fourth-order valence-electron chi connectivity index (χ4n) is 1.81. The molecule has 1 aromatic heterocycles. The van der Waals surface area contributed by atoms with Crippen LogP contribution in [0, 0.1) is 0 Å². The van der Waals surface area contributed by atoms with Gasteiger partial charge in [0.05, 0.1) is 11.4 Å². The van der Waals surface area contributed by atoms with Crippen LogP contribution in [-0.4, -0.2) is 42.6 Å². The first-order chi connectivity index (χ1) is 8.97. The number of hydrogen-bond donors (Lipinski definition) is 2. The third-order valence-electron chi connectivity index (χ3n) is 3.28. The molecule has 1 aliphatic rings. The third-order valence-corrected chi connectivity index (χ3v) is 5.11. The Labute approximate surface area is 114 Å². The highest BCUT2D eigenvalue weighted by Crippen LogP contribution is 2.18. The third kappa shape index (κ3) is 4.59. The van der Waals surface area contributed by atoms with E-state index in [2.05, 4.69) is 15.1 Å². The van der Waals surface area contributed by atoms with Gasteiger partial charge in [-0.2, -0.15) is 5.10 Å². The van der Waals surface area contributed by atoms with Gasteiger partial charge < -0.3 is 5.32 Å². The summed E-state index contributed by atoms with van der Waals surface area (Å²) in [7, 11) is -1.38. The molecule has 7 heteroatoms. The van der Waals surface area contributed by atoms with Gasteiger partial charge in [-0.25, -0.2) is 13.1 Å². The predicted octanol–water partition coefficient (Wildman–Crippen LogP) is 0.0225. The number of aryl methyl sites for hydroxylation is 1. The fourth-order valence-corrected chi connectivity index (χ4v) is 2.80. The van der Waals surface area contributed by atoms with Crippen molar-refractivity contribution in [2.24, 2.45) is 7.05 Å². The van der Waals surface area contributed by atoms with E-state index in [1.807, 2.05) is 13.2 Å². The molecule has 2 rings (SSSR count). The minimum atomic E-state index is -3.23. The molecule has 2 N–H and O–H groups in total. The monoisotopic (exact) mass is 286 g/mol. The summed E-state index contributed by atoms with van der Waals surface area (Å²) in [6.45, 7) is 2.68. The van der Waals surface area contributed by atoms with Crippen LogP contribution in [0.2, 0.25) is 0 Å². The van der Waals surface area contributed by atoms with Crippen LogP contribution < -0.4 is 10.0 Å². The van der Waals surface area contributed by atoms with Crippen LogP contribution in [0.15, 0.2) is 12.4 Å². The molecular weight excluding hydrogens is 264 g/mol. The molecule has 6 nitrogen and oxygen atoms in total. The first-order valence-corrected chi connectivity index (χ1v) is 8.21. The molecule has 0 aromatic carbocycles. The lowest BCUT2D eigenvalue weighted by Crippen LogP contribution is -2.40. The van der Waals surface area contributed by atoms with Crippen molar-refractivity contribution >= 4 is 10.0 Å². The molecule has 1 saturated carbocycles. The molecule has 108 valence electrons. The van der Waals surface area contributed by atoms with Crippen molar-refractivity contribution in [3.8, 4) is 0 Å². The molecule has 1 aliphatic carbocycles. The molecule has 1 heterocycles. The van der Waals surface area contributed by atoms with Crippen molar-refractivity contribution in [2.45, 2.75) is 37.5 Å². The van der Waals surface area contributed by atoms with E-state index in [1.165, 1.54) is 12.8 Å². The molecule has 1 aromatic rings. The first-order valence-electron chi connectivity index (χ1n) is 6.67. The zero-order chi connectivity index (χ0) is 13.9. The average molecular weight is 286 g/mol. The van der Waals surface area contributed by atoms with E-state index >= 15 is 0 Å². The average Bonchev–Trinajstić information content (AvgIpc) is 3.09. The molecule has 0 bridgehead atoms. The Kier molecular flexibility index (Phi) is 4.59. The van der Waals surface area contributed by atoms with Gasteiger partial charge >= 0.3 is 0 Å². The van der Waals surface area contributed by atoms with Crippen molar-refractivity contribution in [1.82, 2.24) is 19.8 Å². The van der Waals surface area contributed by atoms with Crippen LogP contribution in [0.25, 0.3) is 0 Å². The Hall–Kier alpha value is -0.920. The summed E-state index contributed by atoms with van der Waals surface area (Å²) < 4.78 is 28.3. The minimum absolute atomic E-state index is 0.401. The predicted molar refractivity (Wildman–Crippen MR) is 74.3 cm³/mol. The number of sulfonamides is 1. The maximum Gasteiger partial charge on any atom is 0.215 e. The molecule has 0 saturated heterocycles. The van der Waals surface area contributed by atoms with E-state index in [-0.39, 0.29) is 0 Å². The normalized spacial score (nSPS) is 17.6. The van der Waals surface area contributed by atoms with Gasteiger partial charge in [0.1, 0.15) is 0 Å². The molecule has 0 radical (unpaired) electrons. The smallest absolute Gasteiger partial charge is 0.215 e. The number of aromatic nitrogens is 2. The number of hydrogen-bond acceptors (Lipinski definition) is 4. The lowest BCUT2D eigenvalue weighted by molar-refractivity contribution is 0.557. The highest BCUT2D eigenvalue weighted by molar-refractivity contribution is 7.90. The largest absolute Gasteiger partial charge is 0.313 e. The molecule has 0 amide bonds. The van der Waals surface area contributed by atoms with Crippen LogP contribution in [0.3, 0.4) is 0 Å². The van der Waals surface area contributed by atoms with Gasteiger partial charge in [-0.05, 0) is 31.7 Å². The second kappa shape index (κ2) is 6.02. The Bertz CT molecular complexity index is 508. The Balaban J connectivity index is 1.72. The SMILES string of the molecule is CC(CNC1CC1)S(=O)(=O)NCCc1cnn(C)c1. The lowest BCUT2D eigenvalue weighted by Gasteiger charge is -2.14. The molecular formula is C12H22N4O2S. The first kappa shape index (κ1) is 14.5. The summed E-state index contributed by atoms with van der Waals surface area (Å²) in [6, 6.07) is 0.535. The Morgan fingerprint density at radius 2 is 2.26 bits per heavy atom. The van der Waals surface area contributed by atoms with Gasteiger partial charge in [0.15, 0.2) is 0 Å². The van der Waals surface area contributed by atoms with Gasteiger partial charge in [-0.3, -0.25) is 4.68 Å². The minimum Gasteiger partial charge on any atom is -0.313 e. The van der Waals surface area contributed by atoms with Gasteiger partial charge in [-0.15, -0.1) is 0 Å². The Morgan fingerprint density at radius 1 is 1.53 bits per heavy atom. The van der Waals surface area contributed by atoms with E-state index in [4.69, 9.17) is 0 Å². The van der Waals surface area contributed by atoms with Crippen molar-refractivity contribution in [3.05, 3.63) is 18.0 Å². The van der Waals surface area contributed by atoms with Crippen LogP contribution in [0.1, 0.15) is 25.3 Å². The van der Waals surface area contributed by atoms with Crippen LogP contribution in [0.5, 0.6) is 0 Å². The summed E-state index contributed by atoms with van der Waals surface area (Å²) in [4.78, 5) is 0. The summed E-state index contributed by atoms with van der Waals surface area (Å²) in [5.74, 6) is 0. The number of nitrogens with one attached hydrogen (secondary N) is 2. The molecule has 19 heavy (non-hydrogen) atoms. The van der Waals surface area contributed by atoms with Gasteiger partial charge in [-0.1, -0.05) is 0 Å². The van der Waals surface area contributed by atoms with Crippen molar-refractivity contribution < 1.29 is 8.42 Å². The van der Waals surface area contributed by atoms with E-state index in [9.17, 15) is 8.42 Å². The summed E-state index contributed by atoms with van der Waals surface area (Å²) in [5.41, 5.74) is 1.04. The van der Waals surface area contributed by atoms with Crippen molar-refractivity contribution in [2.75, 3.05) is 13.1 Å². The maximum absolute atomic E-state index is 12.0. The highest BCUT2D eigenvalue weighted by Gasteiger charge is 2.25. The number of rotatable bonds is 8. The van der Waals surface area contributed by atoms with Crippen LogP contribution in [-0.2, 0) is 23.5 Å². The van der Waals surface area contributed by atoms with Crippen molar-refractivity contribution in [3.63, 3.8) is 0 Å². The zero-order valence-corrected chi connectivity index (χ0v) is 12.3. The second-order valence-electron chi connectivity index (χ2n) is 5.20. The summed E-state index contributed by atoms with van der Waals surface area (Å²) in [5, 5.41) is 6.89. The van der Waals surface area contributed by atoms with E-state index in [1.54, 1.807) is 17.8 Å². The molecule has 1 atom stereocenters. The highest BCUT2D eigenvalue weighted by atomic mass is 32.2. The summed E-state index contributed by atoms with van der Waals surface area (Å²) in [6.07, 6.45) is 6.65. The molecule has 1 fully saturated rings. The molecule has 0 aliphatic heterocycles. The molecule has 0 spiro atoms. The molecule has 1 unspecified atom stereocenters. The number of nitrogens with zero attached hydrogens (tertiary/aromatic N) is 2. The van der Waals surface area contributed by atoms with Crippen molar-refractivity contribution in [1.29, 1.82) is 0 Å². The van der Waals surface area contributed by atoms with Gasteiger partial charge in [0.25, 0.3) is 0 Å². The van der Waals surface area contributed by atoms with Crippen LogP contribution >= 0.6 is 0 Å². The lowest BCUT2D eigenvalue weighted by atomic mass is 10.3. The second-order valence-corrected chi connectivity index (χ2v) is 7.39. The van der Waals surface area contributed by atoms with E-state index in [0.29, 0.717) is 25.6 Å². The maximum atomic E-state index is 12.0. The quantitative estimate of drug-likeness (QED) is 0.706. The summed E-state index contributed by atoms with van der Waals surface area (Å²) >= 11 is 0. The topological polar surface area (TPSA) is 76.0 Å². The Morgan fingerprint density at radius 3 is 2.84 bits per heavy atom. The van der Waals surface area contributed by atoms with Gasteiger partial charge in [0, 0.05) is 32.4 Å². The van der Waals surface area contributed by atoms with E-state index < -0.39 is 15.3 Å². The van der Waals surface area contributed by atoms with Crippen LogP contribution in [0.4, 0.5) is 0 Å². The standard InChI is InChI=1S/C12H22N4O2S/c1-10(7-13-12-3-4-12)19(17,18)15-6-5-11-8-14-16(2)9-11/h8-10,12-13,15H,3-7H2,1-2H3.